The van der Waals surface area contributed by atoms with Gasteiger partial charge in [-0.25, -0.2) is 9.37 Å². The van der Waals surface area contributed by atoms with E-state index in [1.807, 2.05) is 7.05 Å². The summed E-state index contributed by atoms with van der Waals surface area (Å²) in [6, 6.07) is 5.76. The number of nitrogens with one attached hydrogen (secondary N) is 1. The van der Waals surface area contributed by atoms with Crippen LogP contribution in [0.15, 0.2) is 29.1 Å². The summed E-state index contributed by atoms with van der Waals surface area (Å²) in [4.78, 5) is 32.6. The van der Waals surface area contributed by atoms with Crippen molar-refractivity contribution in [1.29, 1.82) is 0 Å². The molecular formula is C25H33FN4O3. The molecule has 2 heterocycles. The number of fused-ring (bicyclic) bond motifs is 1. The molecule has 4 rings (SSSR count). The van der Waals surface area contributed by atoms with Gasteiger partial charge in [-0.2, -0.15) is 0 Å². The Kier molecular flexibility index (Phi) is 7.55. The van der Waals surface area contributed by atoms with Crippen LogP contribution in [0.3, 0.4) is 0 Å². The van der Waals surface area contributed by atoms with E-state index in [1.54, 1.807) is 12.1 Å². The topological polar surface area (TPSA) is 87.5 Å². The lowest BCUT2D eigenvalue weighted by atomic mass is 9.89. The van der Waals surface area contributed by atoms with Crippen LogP contribution in [-0.2, 0) is 13.0 Å². The number of nitrogens with zero attached hydrogens (tertiary/aromatic N) is 3. The van der Waals surface area contributed by atoms with E-state index in [-0.39, 0.29) is 29.8 Å². The molecule has 0 saturated heterocycles. The number of carbonyl (C=O) groups is 1. The molecule has 8 heteroatoms. The molecule has 0 radical (unpaired) electrons. The van der Waals surface area contributed by atoms with Crippen LogP contribution in [0.25, 0.3) is 0 Å². The zero-order valence-electron chi connectivity index (χ0n) is 19.2. The monoisotopic (exact) mass is 456 g/mol. The smallest absolute Gasteiger partial charge is 0.296 e. The maximum atomic E-state index is 13.1. The molecule has 7 nitrogen and oxygen atoms in total. The Labute approximate surface area is 193 Å². The normalized spacial score (nSPS) is 19.8. The van der Waals surface area contributed by atoms with Crippen LogP contribution in [0.4, 0.5) is 4.39 Å². The number of benzene rings is 1. The highest BCUT2D eigenvalue weighted by Crippen LogP contribution is 2.25. The fourth-order valence-electron chi connectivity index (χ4n) is 4.88. The summed E-state index contributed by atoms with van der Waals surface area (Å²) < 4.78 is 14.6. The Balaban J connectivity index is 1.56. The van der Waals surface area contributed by atoms with Crippen molar-refractivity contribution in [3.63, 3.8) is 0 Å². The molecule has 1 aromatic heterocycles. The van der Waals surface area contributed by atoms with E-state index in [0.717, 1.165) is 12.1 Å². The van der Waals surface area contributed by atoms with Crippen molar-refractivity contribution in [3.05, 3.63) is 57.5 Å². The minimum atomic E-state index is -0.585. The standard InChI is InChI=1S/C25H33FN4O3/c1-29-13-14-30-24(20(16-29)27-15-18-5-3-2-4-6-18)28-22(23(32)25(30)33)21(31)12-9-17-7-10-19(26)11-8-17/h7-8,10-11,18,20,27,32H,2-6,9,12-16H2,1H3. The minimum Gasteiger partial charge on any atom is -0.501 e. The lowest BCUT2D eigenvalue weighted by Crippen LogP contribution is -2.37. The largest absolute Gasteiger partial charge is 0.501 e. The third-order valence-electron chi connectivity index (χ3n) is 6.88. The van der Waals surface area contributed by atoms with E-state index < -0.39 is 11.3 Å². The van der Waals surface area contributed by atoms with Crippen LogP contribution in [0.5, 0.6) is 5.75 Å². The van der Waals surface area contributed by atoms with Gasteiger partial charge in [0.15, 0.2) is 11.5 Å². The van der Waals surface area contributed by atoms with Crippen LogP contribution in [0.2, 0.25) is 0 Å². The van der Waals surface area contributed by atoms with Crippen molar-refractivity contribution >= 4 is 5.78 Å². The number of aromatic nitrogens is 2. The number of ketones is 1. The fraction of sp³-hybridized carbons (Fsp3) is 0.560. The first-order chi connectivity index (χ1) is 15.9. The third-order valence-corrected chi connectivity index (χ3v) is 6.88. The Morgan fingerprint density at radius 1 is 1.18 bits per heavy atom. The summed E-state index contributed by atoms with van der Waals surface area (Å²) in [5.74, 6) is -0.177. The van der Waals surface area contributed by atoms with E-state index in [0.29, 0.717) is 37.8 Å². The molecule has 1 aliphatic heterocycles. The highest BCUT2D eigenvalue weighted by molar-refractivity contribution is 5.96. The number of hydrogen-bond donors (Lipinski definition) is 2. The van der Waals surface area contributed by atoms with Gasteiger partial charge in [-0.15, -0.1) is 0 Å². The second kappa shape index (κ2) is 10.6. The summed E-state index contributed by atoms with van der Waals surface area (Å²) in [6.45, 7) is 2.60. The predicted octanol–water partition coefficient (Wildman–Crippen LogP) is 3.06. The maximum Gasteiger partial charge on any atom is 0.296 e. The van der Waals surface area contributed by atoms with Gasteiger partial charge in [0.05, 0.1) is 6.04 Å². The molecule has 0 amide bonds. The first kappa shape index (κ1) is 23.6. The summed E-state index contributed by atoms with van der Waals surface area (Å²) in [5.41, 5.74) is 0.0802. The van der Waals surface area contributed by atoms with Gasteiger partial charge in [-0.05, 0) is 56.5 Å². The molecule has 2 N–H and O–H groups in total. The molecular weight excluding hydrogens is 423 g/mol. The number of Topliss-reactive ketones (excluding diaryl/α,β-unsaturated/α-hetero) is 1. The lowest BCUT2D eigenvalue weighted by Gasteiger charge is -2.27. The first-order valence-electron chi connectivity index (χ1n) is 12.0. The number of likely N-dealkylation sites (N-methyl/N-ethyl adjacent to an activating group) is 1. The van der Waals surface area contributed by atoms with Gasteiger partial charge in [0.25, 0.3) is 5.56 Å². The molecule has 0 bridgehead atoms. The molecule has 2 aromatic rings. The third kappa shape index (κ3) is 5.68. The van der Waals surface area contributed by atoms with Crippen LogP contribution >= 0.6 is 0 Å². The van der Waals surface area contributed by atoms with Crippen molar-refractivity contribution < 1.29 is 14.3 Å². The van der Waals surface area contributed by atoms with Gasteiger partial charge in [0, 0.05) is 26.1 Å². The SMILES string of the molecule is CN1CCn2c(nc(C(=O)CCc3ccc(F)cc3)c(O)c2=O)C(NCC2CCCCC2)C1. The predicted molar refractivity (Wildman–Crippen MR) is 124 cm³/mol. The molecule has 1 atom stereocenters. The van der Waals surface area contributed by atoms with Gasteiger partial charge in [-0.3, -0.25) is 14.2 Å². The Morgan fingerprint density at radius 3 is 2.64 bits per heavy atom. The Bertz CT molecular complexity index is 1030. The Hall–Kier alpha value is -2.58. The van der Waals surface area contributed by atoms with Crippen molar-refractivity contribution in [3.8, 4) is 5.75 Å². The van der Waals surface area contributed by atoms with Gasteiger partial charge in [-0.1, -0.05) is 31.4 Å². The van der Waals surface area contributed by atoms with Crippen LogP contribution in [-0.4, -0.2) is 52.0 Å². The van der Waals surface area contributed by atoms with E-state index in [1.165, 1.54) is 48.8 Å². The summed E-state index contributed by atoms with van der Waals surface area (Å²) >= 11 is 0. The number of hydrogen-bond acceptors (Lipinski definition) is 6. The average molecular weight is 457 g/mol. The zero-order valence-corrected chi connectivity index (χ0v) is 19.2. The van der Waals surface area contributed by atoms with Crippen LogP contribution in [0.1, 0.15) is 66.4 Å². The van der Waals surface area contributed by atoms with Crippen LogP contribution < -0.4 is 10.9 Å². The van der Waals surface area contributed by atoms with Gasteiger partial charge >= 0.3 is 0 Å². The molecule has 178 valence electrons. The van der Waals surface area contributed by atoms with Crippen LogP contribution in [0, 0.1) is 11.7 Å². The molecule has 1 aromatic carbocycles. The average Bonchev–Trinajstić information content (AvgIpc) is 2.98. The van der Waals surface area contributed by atoms with Crippen molar-refractivity contribution in [2.24, 2.45) is 5.92 Å². The van der Waals surface area contributed by atoms with E-state index in [9.17, 15) is 19.1 Å². The molecule has 1 fully saturated rings. The number of halogens is 1. The zero-order chi connectivity index (χ0) is 23.4. The molecule has 1 aliphatic carbocycles. The van der Waals surface area contributed by atoms with E-state index >= 15 is 0 Å². The van der Waals surface area contributed by atoms with Crippen molar-refractivity contribution in [2.45, 2.75) is 57.5 Å². The fourth-order valence-corrected chi connectivity index (χ4v) is 4.88. The highest BCUT2D eigenvalue weighted by atomic mass is 19.1. The molecule has 1 saturated carbocycles. The number of aryl methyl sites for hydroxylation is 1. The van der Waals surface area contributed by atoms with Crippen molar-refractivity contribution in [1.82, 2.24) is 19.8 Å². The summed E-state index contributed by atoms with van der Waals surface area (Å²) in [6.07, 6.45) is 6.68. The first-order valence-corrected chi connectivity index (χ1v) is 12.0. The summed E-state index contributed by atoms with van der Waals surface area (Å²) in [5, 5.41) is 14.1. The van der Waals surface area contributed by atoms with E-state index in [4.69, 9.17) is 0 Å². The van der Waals surface area contributed by atoms with Gasteiger partial charge in [0.1, 0.15) is 11.6 Å². The Morgan fingerprint density at radius 2 is 1.91 bits per heavy atom. The van der Waals surface area contributed by atoms with E-state index in [2.05, 4.69) is 15.2 Å². The maximum absolute atomic E-state index is 13.1. The second-order valence-electron chi connectivity index (χ2n) is 9.40. The minimum absolute atomic E-state index is 0.0785. The molecule has 2 aliphatic rings. The molecule has 0 spiro atoms. The lowest BCUT2D eigenvalue weighted by molar-refractivity contribution is 0.0973. The quantitative estimate of drug-likeness (QED) is 0.623. The summed E-state index contributed by atoms with van der Waals surface area (Å²) in [7, 11) is 2.00. The second-order valence-corrected chi connectivity index (χ2v) is 9.40. The number of carbonyl (C=O) groups excluding carboxylic acids is 1. The highest BCUT2D eigenvalue weighted by Gasteiger charge is 2.29. The number of rotatable bonds is 7. The number of aromatic hydroxyl groups is 1. The molecule has 1 unspecified atom stereocenters. The van der Waals surface area contributed by atoms with Gasteiger partial charge in [0.2, 0.25) is 5.75 Å². The van der Waals surface area contributed by atoms with Crippen molar-refractivity contribution in [2.75, 3.05) is 26.7 Å². The molecule has 33 heavy (non-hydrogen) atoms. The van der Waals surface area contributed by atoms with Gasteiger partial charge < -0.3 is 15.3 Å².